The molecule has 0 unspecified atom stereocenters. The van der Waals surface area contributed by atoms with Crippen LogP contribution >= 0.6 is 0 Å². The van der Waals surface area contributed by atoms with Gasteiger partial charge in [0.25, 0.3) is 0 Å². The summed E-state index contributed by atoms with van der Waals surface area (Å²) in [6.07, 6.45) is 0. The summed E-state index contributed by atoms with van der Waals surface area (Å²) < 4.78 is 12.9. The van der Waals surface area contributed by atoms with Crippen LogP contribution in [0.5, 0.6) is 0 Å². The van der Waals surface area contributed by atoms with Crippen molar-refractivity contribution in [1.82, 2.24) is 5.32 Å². The van der Waals surface area contributed by atoms with Crippen molar-refractivity contribution in [3.63, 3.8) is 0 Å². The van der Waals surface area contributed by atoms with Crippen molar-refractivity contribution in [1.29, 1.82) is 0 Å². The number of anilines is 1. The maximum absolute atomic E-state index is 12.9. The zero-order valence-corrected chi connectivity index (χ0v) is 12.3. The van der Waals surface area contributed by atoms with Gasteiger partial charge < -0.3 is 10.2 Å². The Balaban J connectivity index is 2.10. The van der Waals surface area contributed by atoms with E-state index >= 15 is 0 Å². The second kappa shape index (κ2) is 6.53. The third-order valence-electron chi connectivity index (χ3n) is 3.47. The first-order valence-corrected chi connectivity index (χ1v) is 6.80. The van der Waals surface area contributed by atoms with E-state index in [1.54, 1.807) is 0 Å². The van der Waals surface area contributed by atoms with Crippen LogP contribution in [0, 0.1) is 12.7 Å². The van der Waals surface area contributed by atoms with Gasteiger partial charge in [0.05, 0.1) is 0 Å². The Bertz CT molecular complexity index is 564. The highest BCUT2D eigenvalue weighted by Gasteiger charge is 2.05. The molecule has 0 saturated heterocycles. The van der Waals surface area contributed by atoms with Crippen LogP contribution in [0.2, 0.25) is 0 Å². The monoisotopic (exact) mass is 272 g/mol. The Labute approximate surface area is 120 Å². The van der Waals surface area contributed by atoms with Crippen molar-refractivity contribution in [3.05, 3.63) is 65.0 Å². The molecule has 0 heterocycles. The third-order valence-corrected chi connectivity index (χ3v) is 3.47. The topological polar surface area (TPSA) is 15.3 Å². The summed E-state index contributed by atoms with van der Waals surface area (Å²) in [5, 5.41) is 3.17. The predicted molar refractivity (Wildman–Crippen MR) is 82.4 cm³/mol. The second-order valence-corrected chi connectivity index (χ2v) is 5.12. The van der Waals surface area contributed by atoms with Crippen LogP contribution in [0.25, 0.3) is 0 Å². The Morgan fingerprint density at radius 3 is 2.40 bits per heavy atom. The average molecular weight is 272 g/mol. The molecule has 0 atom stereocenters. The fourth-order valence-corrected chi connectivity index (χ4v) is 2.26. The number of hydrogen-bond donors (Lipinski definition) is 1. The molecule has 1 N–H and O–H groups in total. The highest BCUT2D eigenvalue weighted by atomic mass is 19.1. The predicted octanol–water partition coefficient (Wildman–Crippen LogP) is 3.49. The minimum absolute atomic E-state index is 0.191. The summed E-state index contributed by atoms with van der Waals surface area (Å²) in [5.41, 5.74) is 4.87. The molecular formula is C17H21FN2. The van der Waals surface area contributed by atoms with E-state index in [1.807, 2.05) is 19.2 Å². The molecule has 106 valence electrons. The number of halogens is 1. The number of rotatable bonds is 5. The lowest BCUT2D eigenvalue weighted by Crippen LogP contribution is -2.17. The zero-order chi connectivity index (χ0) is 14.5. The molecule has 0 radical (unpaired) electrons. The lowest BCUT2D eigenvalue weighted by atomic mass is 10.1. The normalized spacial score (nSPS) is 10.6. The molecule has 0 spiro atoms. The van der Waals surface area contributed by atoms with Gasteiger partial charge in [-0.05, 0) is 54.9 Å². The fourth-order valence-electron chi connectivity index (χ4n) is 2.26. The van der Waals surface area contributed by atoms with Crippen LogP contribution in [0.3, 0.4) is 0 Å². The van der Waals surface area contributed by atoms with E-state index in [4.69, 9.17) is 0 Å². The van der Waals surface area contributed by atoms with Gasteiger partial charge in [0, 0.05) is 25.8 Å². The van der Waals surface area contributed by atoms with E-state index in [9.17, 15) is 4.39 Å². The van der Waals surface area contributed by atoms with Crippen molar-refractivity contribution in [3.8, 4) is 0 Å². The lowest BCUT2D eigenvalue weighted by Gasteiger charge is -2.21. The maximum Gasteiger partial charge on any atom is 0.123 e. The van der Waals surface area contributed by atoms with Crippen LogP contribution in [0.1, 0.15) is 16.7 Å². The number of hydrogen-bond acceptors (Lipinski definition) is 2. The molecule has 2 aromatic carbocycles. The Hall–Kier alpha value is -1.87. The van der Waals surface area contributed by atoms with Crippen LogP contribution in [0.15, 0.2) is 42.5 Å². The molecule has 0 amide bonds. The van der Waals surface area contributed by atoms with E-state index in [0.29, 0.717) is 0 Å². The fraction of sp³-hybridized carbons (Fsp3) is 0.294. The first-order chi connectivity index (χ1) is 9.60. The molecule has 0 aliphatic heterocycles. The summed E-state index contributed by atoms with van der Waals surface area (Å²) in [6, 6.07) is 13.1. The van der Waals surface area contributed by atoms with E-state index in [2.05, 4.69) is 42.4 Å². The molecule has 2 rings (SSSR count). The highest BCUT2D eigenvalue weighted by molar-refractivity contribution is 5.50. The summed E-state index contributed by atoms with van der Waals surface area (Å²) in [6.45, 7) is 3.78. The molecule has 2 aromatic rings. The van der Waals surface area contributed by atoms with Crippen molar-refractivity contribution in [2.24, 2.45) is 0 Å². The minimum Gasteiger partial charge on any atom is -0.370 e. The quantitative estimate of drug-likeness (QED) is 0.896. The Kier molecular flexibility index (Phi) is 4.74. The summed E-state index contributed by atoms with van der Waals surface area (Å²) in [4.78, 5) is 2.17. The van der Waals surface area contributed by atoms with Gasteiger partial charge in [0.2, 0.25) is 0 Å². The Morgan fingerprint density at radius 1 is 1.10 bits per heavy atom. The number of nitrogens with one attached hydrogen (secondary N) is 1. The second-order valence-electron chi connectivity index (χ2n) is 5.12. The third kappa shape index (κ3) is 3.58. The molecule has 0 fully saturated rings. The van der Waals surface area contributed by atoms with Crippen molar-refractivity contribution in [2.45, 2.75) is 20.0 Å². The largest absolute Gasteiger partial charge is 0.370 e. The molecule has 20 heavy (non-hydrogen) atoms. The number of benzene rings is 2. The minimum atomic E-state index is -0.191. The lowest BCUT2D eigenvalue weighted by molar-refractivity contribution is 0.627. The smallest absolute Gasteiger partial charge is 0.123 e. The molecule has 0 bridgehead atoms. The zero-order valence-electron chi connectivity index (χ0n) is 12.3. The number of aryl methyl sites for hydroxylation is 1. The maximum atomic E-state index is 12.9. The van der Waals surface area contributed by atoms with Crippen LogP contribution in [0.4, 0.5) is 10.1 Å². The molecular weight excluding hydrogens is 251 g/mol. The molecule has 0 saturated carbocycles. The molecule has 2 nitrogen and oxygen atoms in total. The highest BCUT2D eigenvalue weighted by Crippen LogP contribution is 2.20. The van der Waals surface area contributed by atoms with Gasteiger partial charge in [-0.1, -0.05) is 18.2 Å². The standard InChI is InChI=1S/C17H21FN2/c1-13-10-17(9-6-15(13)11-19-2)20(3)12-14-4-7-16(18)8-5-14/h4-10,19H,11-12H2,1-3H3. The molecule has 0 aromatic heterocycles. The van der Waals surface area contributed by atoms with Crippen molar-refractivity contribution in [2.75, 3.05) is 19.0 Å². The van der Waals surface area contributed by atoms with Gasteiger partial charge in [0.1, 0.15) is 5.82 Å². The van der Waals surface area contributed by atoms with E-state index < -0.39 is 0 Å². The first kappa shape index (κ1) is 14.5. The molecule has 0 aliphatic rings. The summed E-state index contributed by atoms with van der Waals surface area (Å²) in [7, 11) is 4.00. The van der Waals surface area contributed by atoms with Gasteiger partial charge >= 0.3 is 0 Å². The van der Waals surface area contributed by atoms with Crippen LogP contribution in [-0.4, -0.2) is 14.1 Å². The summed E-state index contributed by atoms with van der Waals surface area (Å²) in [5.74, 6) is -0.191. The van der Waals surface area contributed by atoms with Gasteiger partial charge in [-0.2, -0.15) is 0 Å². The van der Waals surface area contributed by atoms with Gasteiger partial charge in [0.15, 0.2) is 0 Å². The average Bonchev–Trinajstić information content (AvgIpc) is 2.44. The first-order valence-electron chi connectivity index (χ1n) is 6.80. The number of nitrogens with zero attached hydrogens (tertiary/aromatic N) is 1. The van der Waals surface area contributed by atoms with E-state index in [-0.39, 0.29) is 5.82 Å². The SMILES string of the molecule is CNCc1ccc(N(C)Cc2ccc(F)cc2)cc1C. The van der Waals surface area contributed by atoms with Gasteiger partial charge in [-0.25, -0.2) is 4.39 Å². The summed E-state index contributed by atoms with van der Waals surface area (Å²) >= 11 is 0. The van der Waals surface area contributed by atoms with E-state index in [1.165, 1.54) is 28.9 Å². The molecule has 3 heteroatoms. The van der Waals surface area contributed by atoms with Gasteiger partial charge in [-0.15, -0.1) is 0 Å². The van der Waals surface area contributed by atoms with Crippen molar-refractivity contribution < 1.29 is 4.39 Å². The Morgan fingerprint density at radius 2 is 1.80 bits per heavy atom. The van der Waals surface area contributed by atoms with Crippen LogP contribution < -0.4 is 10.2 Å². The van der Waals surface area contributed by atoms with Crippen molar-refractivity contribution >= 4 is 5.69 Å². The molecule has 0 aliphatic carbocycles. The van der Waals surface area contributed by atoms with Gasteiger partial charge in [-0.3, -0.25) is 0 Å². The van der Waals surface area contributed by atoms with Crippen LogP contribution in [-0.2, 0) is 13.1 Å². The van der Waals surface area contributed by atoms with E-state index in [0.717, 1.165) is 18.7 Å².